The van der Waals surface area contributed by atoms with E-state index in [4.69, 9.17) is 8.83 Å². The molecule has 9 heteroatoms. The zero-order valence-electron chi connectivity index (χ0n) is 19.0. The van der Waals surface area contributed by atoms with Crippen LogP contribution in [0.25, 0.3) is 65.4 Å². The lowest BCUT2D eigenvalue weighted by molar-refractivity contribution is -0.0500. The fourth-order valence-corrected chi connectivity index (χ4v) is 5.31. The second-order valence-electron chi connectivity index (χ2n) is 9.09. The van der Waals surface area contributed by atoms with Crippen molar-refractivity contribution >= 4 is 75.5 Å². The number of hydrogen-bond donors (Lipinski definition) is 0. The molecule has 0 aliphatic heterocycles. The van der Waals surface area contributed by atoms with Crippen LogP contribution in [-0.2, 0) is 10.1 Å². The van der Waals surface area contributed by atoms with Crippen LogP contribution in [0.2, 0.25) is 0 Å². The normalized spacial score (nSPS) is 13.1. The van der Waals surface area contributed by atoms with Crippen LogP contribution in [-0.4, -0.2) is 13.9 Å². The van der Waals surface area contributed by atoms with Crippen LogP contribution >= 0.6 is 0 Å². The second kappa shape index (κ2) is 7.17. The molecular weight excluding hydrogens is 505 g/mol. The molecule has 0 saturated heterocycles. The molecule has 2 aromatic heterocycles. The maximum atomic E-state index is 12.7. The summed E-state index contributed by atoms with van der Waals surface area (Å²) in [7, 11) is -5.77. The Kier molecular flexibility index (Phi) is 4.26. The molecule has 0 atom stereocenters. The molecule has 0 fully saturated rings. The first-order valence-electron chi connectivity index (χ1n) is 11.2. The number of alkyl halides is 3. The largest absolute Gasteiger partial charge is 0.534 e. The van der Waals surface area contributed by atoms with Crippen LogP contribution in [0.1, 0.15) is 5.56 Å². The highest BCUT2D eigenvalue weighted by Gasteiger charge is 2.48. The molecule has 184 valence electrons. The van der Waals surface area contributed by atoms with Gasteiger partial charge in [-0.3, -0.25) is 0 Å². The van der Waals surface area contributed by atoms with Crippen molar-refractivity contribution in [1.82, 2.24) is 0 Å². The van der Waals surface area contributed by atoms with Crippen molar-refractivity contribution in [3.8, 4) is 5.75 Å². The van der Waals surface area contributed by atoms with Crippen LogP contribution < -0.4 is 4.18 Å². The van der Waals surface area contributed by atoms with Gasteiger partial charge in [0.15, 0.2) is 0 Å². The summed E-state index contributed by atoms with van der Waals surface area (Å²) in [6.07, 6.45) is 0. The Balaban J connectivity index is 1.40. The number of benzene rings is 5. The smallest absolute Gasteiger partial charge is 0.456 e. The number of furan rings is 2. The van der Waals surface area contributed by atoms with E-state index < -0.39 is 21.4 Å². The summed E-state index contributed by atoms with van der Waals surface area (Å²) in [5, 5.41) is 6.95. The van der Waals surface area contributed by atoms with Crippen molar-refractivity contribution in [2.45, 2.75) is 12.4 Å². The van der Waals surface area contributed by atoms with Gasteiger partial charge in [0.1, 0.15) is 28.1 Å². The van der Waals surface area contributed by atoms with E-state index in [1.54, 1.807) is 6.07 Å². The summed E-state index contributed by atoms with van der Waals surface area (Å²) in [6, 6.07) is 21.7. The first-order chi connectivity index (χ1) is 17.6. The summed E-state index contributed by atoms with van der Waals surface area (Å²) < 4.78 is 77.4. The lowest BCUT2D eigenvalue weighted by Crippen LogP contribution is -2.28. The quantitative estimate of drug-likeness (QED) is 0.169. The van der Waals surface area contributed by atoms with Gasteiger partial charge in [-0.15, -0.1) is 0 Å². The van der Waals surface area contributed by atoms with E-state index in [2.05, 4.69) is 28.4 Å². The summed E-state index contributed by atoms with van der Waals surface area (Å²) >= 11 is 0. The fraction of sp³-hybridized carbons (Fsp3) is 0.0714. The van der Waals surface area contributed by atoms with Gasteiger partial charge in [0, 0.05) is 27.6 Å². The molecule has 0 aliphatic rings. The Morgan fingerprint density at radius 1 is 0.622 bits per heavy atom. The van der Waals surface area contributed by atoms with Crippen LogP contribution in [0.15, 0.2) is 81.6 Å². The van der Waals surface area contributed by atoms with Gasteiger partial charge < -0.3 is 13.0 Å². The van der Waals surface area contributed by atoms with Crippen LogP contribution in [0.5, 0.6) is 5.75 Å². The first-order valence-corrected chi connectivity index (χ1v) is 12.6. The highest BCUT2D eigenvalue weighted by atomic mass is 32.2. The van der Waals surface area contributed by atoms with Crippen molar-refractivity contribution in [2.24, 2.45) is 0 Å². The average molecular weight is 520 g/mol. The van der Waals surface area contributed by atoms with Crippen molar-refractivity contribution in [3.05, 3.63) is 78.4 Å². The molecule has 0 bridgehead atoms. The summed E-state index contributed by atoms with van der Waals surface area (Å²) in [6.45, 7) is 2.05. The van der Waals surface area contributed by atoms with Gasteiger partial charge in [-0.2, -0.15) is 21.6 Å². The standard InChI is InChI=1S/C28H15F3O5S/c1-14-2-3-15-8-20-22-12-23-21-9-16-4-5-19(36-37(32,33)28(29,30)31)7-18(16)11-25(21)35-27(23)13-26(22)34-24(20)10-17(15)6-14/h2-13H,1H3. The summed E-state index contributed by atoms with van der Waals surface area (Å²) in [5.74, 6) is -0.438. The predicted octanol–water partition coefficient (Wildman–Crippen LogP) is 8.33. The highest BCUT2D eigenvalue weighted by Crippen LogP contribution is 2.39. The minimum atomic E-state index is -5.77. The number of aryl methyl sites for hydroxylation is 1. The highest BCUT2D eigenvalue weighted by molar-refractivity contribution is 7.88. The molecule has 5 aromatic carbocycles. The molecule has 37 heavy (non-hydrogen) atoms. The van der Waals surface area contributed by atoms with Crippen molar-refractivity contribution in [1.29, 1.82) is 0 Å². The zero-order chi connectivity index (χ0) is 25.7. The Morgan fingerprint density at radius 2 is 1.14 bits per heavy atom. The first kappa shape index (κ1) is 22.0. The number of halogens is 3. The van der Waals surface area contributed by atoms with E-state index in [0.29, 0.717) is 27.5 Å². The predicted molar refractivity (Wildman–Crippen MR) is 136 cm³/mol. The van der Waals surface area contributed by atoms with Gasteiger partial charge >= 0.3 is 15.6 Å². The van der Waals surface area contributed by atoms with E-state index in [1.165, 1.54) is 23.8 Å². The fourth-order valence-electron chi connectivity index (χ4n) is 4.85. The maximum absolute atomic E-state index is 12.7. The molecule has 2 heterocycles. The third-order valence-electron chi connectivity index (χ3n) is 6.60. The third-order valence-corrected chi connectivity index (χ3v) is 7.57. The molecule has 0 saturated carbocycles. The molecule has 0 spiro atoms. The Bertz CT molecular complexity index is 2190. The van der Waals surface area contributed by atoms with Crippen molar-refractivity contribution < 1.29 is 34.6 Å². The summed E-state index contributed by atoms with van der Waals surface area (Å²) in [5.41, 5.74) is -1.82. The van der Waals surface area contributed by atoms with Gasteiger partial charge in [-0.25, -0.2) is 0 Å². The molecular formula is C28H15F3O5S. The van der Waals surface area contributed by atoms with Gasteiger partial charge in [0.05, 0.1) is 0 Å². The Labute approximate surface area is 206 Å². The third kappa shape index (κ3) is 3.34. The molecule has 0 radical (unpaired) electrons. The van der Waals surface area contributed by atoms with Gasteiger partial charge in [-0.1, -0.05) is 29.8 Å². The van der Waals surface area contributed by atoms with Crippen molar-refractivity contribution in [3.63, 3.8) is 0 Å². The number of hydrogen-bond acceptors (Lipinski definition) is 5. The van der Waals surface area contributed by atoms with Gasteiger partial charge in [0.2, 0.25) is 0 Å². The average Bonchev–Trinajstić information content (AvgIpc) is 3.34. The summed E-state index contributed by atoms with van der Waals surface area (Å²) in [4.78, 5) is 0. The zero-order valence-corrected chi connectivity index (χ0v) is 19.8. The molecule has 7 aromatic rings. The Morgan fingerprint density at radius 3 is 1.73 bits per heavy atom. The molecule has 0 aliphatic carbocycles. The van der Waals surface area contributed by atoms with Gasteiger partial charge in [0.25, 0.3) is 0 Å². The lowest BCUT2D eigenvalue weighted by atomic mass is 10.0. The maximum Gasteiger partial charge on any atom is 0.534 e. The van der Waals surface area contributed by atoms with E-state index in [1.807, 2.05) is 31.2 Å². The van der Waals surface area contributed by atoms with Crippen molar-refractivity contribution in [2.75, 3.05) is 0 Å². The van der Waals surface area contributed by atoms with E-state index in [-0.39, 0.29) is 0 Å². The van der Waals surface area contributed by atoms with Crippen LogP contribution in [0, 0.1) is 6.92 Å². The SMILES string of the molecule is Cc1ccc2cc3c(cc2c1)oc1cc2oc4cc5cc(OS(=O)(=O)C(F)(F)F)ccc5cc4c2cc13. The van der Waals surface area contributed by atoms with Crippen LogP contribution in [0.4, 0.5) is 13.2 Å². The number of rotatable bonds is 2. The Hall–Kier alpha value is -4.24. The molecule has 0 N–H and O–H groups in total. The van der Waals surface area contributed by atoms with E-state index >= 15 is 0 Å². The second-order valence-corrected chi connectivity index (χ2v) is 10.6. The van der Waals surface area contributed by atoms with E-state index in [0.717, 1.165) is 37.9 Å². The molecule has 0 unspecified atom stereocenters. The minimum Gasteiger partial charge on any atom is -0.456 e. The van der Waals surface area contributed by atoms with Gasteiger partial charge in [-0.05, 0) is 70.9 Å². The van der Waals surface area contributed by atoms with E-state index in [9.17, 15) is 21.6 Å². The van der Waals surface area contributed by atoms with Crippen LogP contribution in [0.3, 0.4) is 0 Å². The topological polar surface area (TPSA) is 69.7 Å². The molecule has 7 rings (SSSR count). The minimum absolute atomic E-state index is 0.438. The molecule has 5 nitrogen and oxygen atoms in total. The lowest BCUT2D eigenvalue weighted by Gasteiger charge is -2.10. The molecule has 0 amide bonds. The number of fused-ring (bicyclic) bond motifs is 8. The monoisotopic (exact) mass is 520 g/mol.